The van der Waals surface area contributed by atoms with Crippen LogP contribution in [-0.4, -0.2) is 34.6 Å². The van der Waals surface area contributed by atoms with E-state index in [1.54, 1.807) is 0 Å². The normalized spacial score (nSPS) is 20.5. The molecule has 1 aromatic heterocycles. The van der Waals surface area contributed by atoms with Crippen LogP contribution in [0.25, 0.3) is 0 Å². The molecule has 0 atom stereocenters. The molecule has 1 fully saturated rings. The number of aromatic amines is 1. The predicted molar refractivity (Wildman–Crippen MR) is 78.5 cm³/mol. The molecule has 0 spiro atoms. The average molecular weight is 267 g/mol. The zero-order valence-electron chi connectivity index (χ0n) is 12.0. The van der Waals surface area contributed by atoms with E-state index in [0.29, 0.717) is 11.3 Å². The van der Waals surface area contributed by atoms with E-state index in [9.17, 15) is 0 Å². The van der Waals surface area contributed by atoms with Crippen molar-refractivity contribution in [2.75, 3.05) is 20.1 Å². The minimum absolute atomic E-state index is 0.385. The average Bonchev–Trinajstić information content (AvgIpc) is 2.65. The molecule has 0 aromatic carbocycles. The van der Waals surface area contributed by atoms with Gasteiger partial charge in [-0.3, -0.25) is 0 Å². The van der Waals surface area contributed by atoms with E-state index in [1.807, 2.05) is 0 Å². The number of aromatic nitrogens is 2. The number of nitrogens with zero attached hydrogens (tertiary/aromatic N) is 2. The molecule has 1 N–H and O–H groups in total. The molecule has 1 saturated heterocycles. The summed E-state index contributed by atoms with van der Waals surface area (Å²) in [6.45, 7) is 10.3. The fourth-order valence-electron chi connectivity index (χ4n) is 2.75. The monoisotopic (exact) mass is 267 g/mol. The standard InChI is InChI=1S/C14H25N3S/c1-11(2)12-9-15-13(18)17(12)10-14(3)5-7-16(4)8-6-14/h9,11H,5-8,10H2,1-4H3,(H,15,18). The summed E-state index contributed by atoms with van der Waals surface area (Å²) in [5.74, 6) is 0.521. The highest BCUT2D eigenvalue weighted by molar-refractivity contribution is 7.71. The first kappa shape index (κ1) is 13.8. The van der Waals surface area contributed by atoms with Crippen LogP contribution in [0, 0.1) is 10.2 Å². The quantitative estimate of drug-likeness (QED) is 0.849. The number of rotatable bonds is 3. The Balaban J connectivity index is 2.18. The van der Waals surface area contributed by atoms with Gasteiger partial charge in [-0.25, -0.2) is 0 Å². The Bertz CT molecular complexity index is 450. The van der Waals surface area contributed by atoms with Crippen LogP contribution < -0.4 is 0 Å². The van der Waals surface area contributed by atoms with E-state index in [0.717, 1.165) is 11.3 Å². The molecule has 0 aliphatic carbocycles. The zero-order valence-corrected chi connectivity index (χ0v) is 12.8. The van der Waals surface area contributed by atoms with Crippen LogP contribution in [0.5, 0.6) is 0 Å². The lowest BCUT2D eigenvalue weighted by Gasteiger charge is -2.38. The molecule has 102 valence electrons. The molecular weight excluding hydrogens is 242 g/mol. The number of hydrogen-bond donors (Lipinski definition) is 1. The minimum Gasteiger partial charge on any atom is -0.337 e. The summed E-state index contributed by atoms with van der Waals surface area (Å²) in [7, 11) is 2.21. The lowest BCUT2D eigenvalue weighted by molar-refractivity contribution is 0.119. The third-order valence-corrected chi connectivity index (χ3v) is 4.56. The van der Waals surface area contributed by atoms with Gasteiger partial charge in [-0.1, -0.05) is 20.8 Å². The topological polar surface area (TPSA) is 24.0 Å². The Morgan fingerprint density at radius 1 is 1.39 bits per heavy atom. The van der Waals surface area contributed by atoms with Gasteiger partial charge in [0.2, 0.25) is 0 Å². The number of nitrogens with one attached hydrogen (secondary N) is 1. The molecular formula is C14H25N3S. The SMILES string of the molecule is CC(C)c1c[nH]c(=S)n1CC1(C)CCN(C)CC1. The Kier molecular flexibility index (Phi) is 3.97. The molecule has 0 unspecified atom stereocenters. The lowest BCUT2D eigenvalue weighted by atomic mass is 9.80. The maximum Gasteiger partial charge on any atom is 0.177 e. The maximum absolute atomic E-state index is 5.43. The lowest BCUT2D eigenvalue weighted by Crippen LogP contribution is -2.38. The summed E-state index contributed by atoms with van der Waals surface area (Å²) in [5, 5.41) is 0. The fourth-order valence-corrected chi connectivity index (χ4v) is 2.98. The van der Waals surface area contributed by atoms with Gasteiger partial charge >= 0.3 is 0 Å². The second kappa shape index (κ2) is 5.17. The Morgan fingerprint density at radius 3 is 2.56 bits per heavy atom. The third kappa shape index (κ3) is 2.86. The predicted octanol–water partition coefficient (Wildman–Crippen LogP) is 3.40. The van der Waals surface area contributed by atoms with Crippen LogP contribution in [0.4, 0.5) is 0 Å². The molecule has 1 aliphatic heterocycles. The van der Waals surface area contributed by atoms with E-state index in [4.69, 9.17) is 12.2 Å². The first-order chi connectivity index (χ1) is 8.41. The molecule has 4 heteroatoms. The van der Waals surface area contributed by atoms with Crippen LogP contribution in [0.1, 0.15) is 45.2 Å². The molecule has 0 saturated carbocycles. The first-order valence-corrected chi connectivity index (χ1v) is 7.29. The van der Waals surface area contributed by atoms with Gasteiger partial charge in [0.25, 0.3) is 0 Å². The molecule has 2 heterocycles. The maximum atomic E-state index is 5.43. The van der Waals surface area contributed by atoms with Crippen LogP contribution in [0.3, 0.4) is 0 Å². The Labute approximate surface area is 115 Å². The Hall–Kier alpha value is -0.610. The van der Waals surface area contributed by atoms with Gasteiger partial charge in [0.1, 0.15) is 0 Å². The largest absolute Gasteiger partial charge is 0.337 e. The molecule has 1 aliphatic rings. The van der Waals surface area contributed by atoms with E-state index >= 15 is 0 Å². The summed E-state index contributed by atoms with van der Waals surface area (Å²) in [6.07, 6.45) is 4.59. The molecule has 0 bridgehead atoms. The number of imidazole rings is 1. The van der Waals surface area contributed by atoms with Crippen molar-refractivity contribution in [2.24, 2.45) is 5.41 Å². The van der Waals surface area contributed by atoms with Crippen LogP contribution in [-0.2, 0) is 6.54 Å². The molecule has 2 rings (SSSR count). The molecule has 0 radical (unpaired) electrons. The van der Waals surface area contributed by atoms with Crippen LogP contribution >= 0.6 is 12.2 Å². The summed E-state index contributed by atoms with van der Waals surface area (Å²) < 4.78 is 3.18. The van der Waals surface area contributed by atoms with Crippen LogP contribution in [0.15, 0.2) is 6.20 Å². The van der Waals surface area contributed by atoms with Gasteiger partial charge in [0.15, 0.2) is 4.77 Å². The van der Waals surface area contributed by atoms with Crippen molar-refractivity contribution >= 4 is 12.2 Å². The van der Waals surface area contributed by atoms with Crippen molar-refractivity contribution in [2.45, 2.75) is 46.1 Å². The number of H-pyrrole nitrogens is 1. The van der Waals surface area contributed by atoms with Gasteiger partial charge in [-0.05, 0) is 56.5 Å². The van der Waals surface area contributed by atoms with Crippen molar-refractivity contribution in [3.05, 3.63) is 16.7 Å². The van der Waals surface area contributed by atoms with E-state index in [-0.39, 0.29) is 0 Å². The highest BCUT2D eigenvalue weighted by atomic mass is 32.1. The van der Waals surface area contributed by atoms with Crippen molar-refractivity contribution in [3.63, 3.8) is 0 Å². The van der Waals surface area contributed by atoms with Crippen molar-refractivity contribution < 1.29 is 0 Å². The highest BCUT2D eigenvalue weighted by Gasteiger charge is 2.30. The number of likely N-dealkylation sites (tertiary alicyclic amines) is 1. The van der Waals surface area contributed by atoms with Gasteiger partial charge in [0, 0.05) is 18.4 Å². The summed E-state index contributed by atoms with van der Waals surface area (Å²) in [6, 6.07) is 0. The summed E-state index contributed by atoms with van der Waals surface area (Å²) in [4.78, 5) is 5.62. The van der Waals surface area contributed by atoms with E-state index in [1.165, 1.54) is 31.6 Å². The highest BCUT2D eigenvalue weighted by Crippen LogP contribution is 2.33. The number of piperidine rings is 1. The number of hydrogen-bond acceptors (Lipinski definition) is 2. The molecule has 3 nitrogen and oxygen atoms in total. The van der Waals surface area contributed by atoms with E-state index in [2.05, 4.69) is 48.5 Å². The molecule has 18 heavy (non-hydrogen) atoms. The minimum atomic E-state index is 0.385. The molecule has 0 amide bonds. The van der Waals surface area contributed by atoms with Gasteiger partial charge in [-0.15, -0.1) is 0 Å². The summed E-state index contributed by atoms with van der Waals surface area (Å²) in [5.41, 5.74) is 1.72. The fraction of sp³-hybridized carbons (Fsp3) is 0.786. The van der Waals surface area contributed by atoms with Gasteiger partial charge < -0.3 is 14.5 Å². The second-order valence-electron chi connectivity index (χ2n) is 6.37. The van der Waals surface area contributed by atoms with Gasteiger partial charge in [-0.2, -0.15) is 0 Å². The van der Waals surface area contributed by atoms with Crippen LogP contribution in [0.2, 0.25) is 0 Å². The second-order valence-corrected chi connectivity index (χ2v) is 6.76. The smallest absolute Gasteiger partial charge is 0.177 e. The molecule has 1 aromatic rings. The van der Waals surface area contributed by atoms with Crippen molar-refractivity contribution in [1.82, 2.24) is 14.5 Å². The van der Waals surface area contributed by atoms with Crippen molar-refractivity contribution in [1.29, 1.82) is 0 Å². The Morgan fingerprint density at radius 2 is 2.00 bits per heavy atom. The third-order valence-electron chi connectivity index (χ3n) is 4.23. The van der Waals surface area contributed by atoms with Gasteiger partial charge in [0.05, 0.1) is 0 Å². The van der Waals surface area contributed by atoms with E-state index < -0.39 is 0 Å². The summed E-state index contributed by atoms with van der Waals surface area (Å²) >= 11 is 5.43. The van der Waals surface area contributed by atoms with Crippen molar-refractivity contribution in [3.8, 4) is 0 Å². The zero-order chi connectivity index (χ0) is 13.3. The first-order valence-electron chi connectivity index (χ1n) is 6.88.